The minimum atomic E-state index is -0.920. The van der Waals surface area contributed by atoms with Gasteiger partial charge in [-0.2, -0.15) is 0 Å². The van der Waals surface area contributed by atoms with Gasteiger partial charge in [0.25, 0.3) is 0 Å². The summed E-state index contributed by atoms with van der Waals surface area (Å²) >= 11 is 0. The second-order valence-corrected chi connectivity index (χ2v) is 6.59. The van der Waals surface area contributed by atoms with E-state index in [0.717, 1.165) is 6.07 Å². The average Bonchev–Trinajstić information content (AvgIpc) is 2.75. The number of hydrogen-bond donors (Lipinski definition) is 0. The second-order valence-electron chi connectivity index (χ2n) is 6.59. The normalized spacial score (nSPS) is 10.6. The third-order valence-corrected chi connectivity index (χ3v) is 4.70. The molecule has 0 unspecified atom stereocenters. The minimum Gasteiger partial charge on any atom is -0.497 e. The highest BCUT2D eigenvalue weighted by Gasteiger charge is 2.10. The monoisotopic (exact) mass is 406 g/mol. The number of ether oxygens (including phenoxy) is 1. The van der Waals surface area contributed by atoms with Gasteiger partial charge in [0.2, 0.25) is 0 Å². The molecule has 1 nitrogen and oxygen atoms in total. The first-order chi connectivity index (χ1) is 14.5. The molecule has 0 atom stereocenters. The molecule has 4 aromatic carbocycles. The first-order valence-corrected chi connectivity index (χ1v) is 8.99. The zero-order valence-corrected chi connectivity index (χ0v) is 15.8. The van der Waals surface area contributed by atoms with Crippen LogP contribution in [-0.2, 0) is 0 Å². The molecule has 0 saturated heterocycles. The molecule has 0 aliphatic heterocycles. The zero-order chi connectivity index (χ0) is 21.3. The van der Waals surface area contributed by atoms with Crippen LogP contribution in [0.2, 0.25) is 0 Å². The molecular weight excluding hydrogens is 392 g/mol. The Balaban J connectivity index is 1.65. The van der Waals surface area contributed by atoms with Crippen molar-refractivity contribution in [1.82, 2.24) is 0 Å². The lowest BCUT2D eigenvalue weighted by Gasteiger charge is -2.07. The standard InChI is InChI=1S/C25H14F4O/c1-30-19-8-10-20(24(28)14-19)18-6-5-16(23(27)13-18)4-2-15-3-9-21-17(12-15)7-11-22(26)25(21)29/h3,5-14H,1H3. The molecule has 0 aromatic heterocycles. The van der Waals surface area contributed by atoms with Gasteiger partial charge in [0.05, 0.1) is 12.7 Å². The fourth-order valence-corrected chi connectivity index (χ4v) is 3.12. The molecule has 0 spiro atoms. The predicted octanol–water partition coefficient (Wildman–Crippen LogP) is 6.47. The van der Waals surface area contributed by atoms with E-state index in [9.17, 15) is 17.6 Å². The van der Waals surface area contributed by atoms with Crippen LogP contribution in [0.4, 0.5) is 17.6 Å². The van der Waals surface area contributed by atoms with Gasteiger partial charge >= 0.3 is 0 Å². The fourth-order valence-electron chi connectivity index (χ4n) is 3.12. The molecule has 0 amide bonds. The third kappa shape index (κ3) is 3.72. The van der Waals surface area contributed by atoms with E-state index in [-0.39, 0.29) is 16.5 Å². The Morgan fingerprint density at radius 3 is 2.27 bits per heavy atom. The van der Waals surface area contributed by atoms with Crippen LogP contribution in [-0.4, -0.2) is 7.11 Å². The lowest BCUT2D eigenvalue weighted by molar-refractivity contribution is 0.411. The van der Waals surface area contributed by atoms with Crippen LogP contribution in [0.5, 0.6) is 5.75 Å². The molecule has 0 fully saturated rings. The number of hydrogen-bond acceptors (Lipinski definition) is 1. The van der Waals surface area contributed by atoms with E-state index >= 15 is 0 Å². The summed E-state index contributed by atoms with van der Waals surface area (Å²) in [6.07, 6.45) is 0. The minimum absolute atomic E-state index is 0.137. The first kappa shape index (κ1) is 19.5. The van der Waals surface area contributed by atoms with Crippen LogP contribution in [0.25, 0.3) is 21.9 Å². The molecule has 0 heterocycles. The van der Waals surface area contributed by atoms with E-state index in [1.807, 2.05) is 0 Å². The topological polar surface area (TPSA) is 9.23 Å². The van der Waals surface area contributed by atoms with Gasteiger partial charge < -0.3 is 4.74 Å². The molecular formula is C25H14F4O. The number of rotatable bonds is 2. The van der Waals surface area contributed by atoms with Crippen molar-refractivity contribution in [1.29, 1.82) is 0 Å². The maximum atomic E-state index is 14.5. The predicted molar refractivity (Wildman–Crippen MR) is 108 cm³/mol. The Kier molecular flexibility index (Phi) is 5.16. The molecule has 5 heteroatoms. The summed E-state index contributed by atoms with van der Waals surface area (Å²) in [6, 6.07) is 15.7. The van der Waals surface area contributed by atoms with Crippen LogP contribution < -0.4 is 4.74 Å². The van der Waals surface area contributed by atoms with Gasteiger partial charge in [-0.1, -0.05) is 30.0 Å². The maximum absolute atomic E-state index is 14.5. The summed E-state index contributed by atoms with van der Waals surface area (Å²) in [5.74, 6) is 2.96. The first-order valence-electron chi connectivity index (χ1n) is 8.99. The Labute approximate surface area is 170 Å². The van der Waals surface area contributed by atoms with Gasteiger partial charge in [-0.3, -0.25) is 0 Å². The zero-order valence-electron chi connectivity index (χ0n) is 15.8. The van der Waals surface area contributed by atoms with E-state index in [2.05, 4.69) is 11.8 Å². The number of halogens is 4. The van der Waals surface area contributed by atoms with Crippen LogP contribution in [0.1, 0.15) is 11.1 Å². The van der Waals surface area contributed by atoms with Crippen molar-refractivity contribution in [3.8, 4) is 28.7 Å². The van der Waals surface area contributed by atoms with Crippen LogP contribution in [0.3, 0.4) is 0 Å². The molecule has 4 aromatic rings. The summed E-state index contributed by atoms with van der Waals surface area (Å²) in [7, 11) is 1.44. The largest absolute Gasteiger partial charge is 0.497 e. The molecule has 0 aliphatic rings. The van der Waals surface area contributed by atoms with E-state index in [0.29, 0.717) is 22.3 Å². The Hall–Kier alpha value is -3.78. The van der Waals surface area contributed by atoms with Gasteiger partial charge in [0.1, 0.15) is 17.4 Å². The molecule has 0 bridgehead atoms. The lowest BCUT2D eigenvalue weighted by Crippen LogP contribution is -1.91. The molecule has 0 radical (unpaired) electrons. The number of methoxy groups -OCH3 is 1. The average molecular weight is 406 g/mol. The number of benzene rings is 4. The quantitative estimate of drug-likeness (QED) is 0.274. The molecule has 0 saturated carbocycles. The second kappa shape index (κ2) is 7.92. The lowest BCUT2D eigenvalue weighted by atomic mass is 10.0. The highest BCUT2D eigenvalue weighted by molar-refractivity contribution is 5.84. The molecule has 0 N–H and O–H groups in total. The summed E-state index contributed by atoms with van der Waals surface area (Å²) in [5.41, 5.74) is 1.29. The summed E-state index contributed by atoms with van der Waals surface area (Å²) in [4.78, 5) is 0. The maximum Gasteiger partial charge on any atom is 0.166 e. The van der Waals surface area contributed by atoms with Crippen molar-refractivity contribution in [2.24, 2.45) is 0 Å². The Morgan fingerprint density at radius 1 is 0.700 bits per heavy atom. The van der Waals surface area contributed by atoms with Gasteiger partial charge in [-0.15, -0.1) is 0 Å². The van der Waals surface area contributed by atoms with E-state index in [1.54, 1.807) is 18.2 Å². The SMILES string of the molecule is COc1ccc(-c2ccc(C#Cc3ccc4c(F)c(F)ccc4c3)c(F)c2)c(F)c1. The summed E-state index contributed by atoms with van der Waals surface area (Å²) < 4.78 is 60.8. The van der Waals surface area contributed by atoms with Crippen molar-refractivity contribution in [2.75, 3.05) is 7.11 Å². The third-order valence-electron chi connectivity index (χ3n) is 4.70. The van der Waals surface area contributed by atoms with Crippen molar-refractivity contribution >= 4 is 10.8 Å². The molecule has 30 heavy (non-hydrogen) atoms. The highest BCUT2D eigenvalue weighted by Crippen LogP contribution is 2.27. The van der Waals surface area contributed by atoms with Gasteiger partial charge in [0, 0.05) is 22.6 Å². The number of fused-ring (bicyclic) bond motifs is 1. The Morgan fingerprint density at radius 2 is 1.53 bits per heavy atom. The van der Waals surface area contributed by atoms with Crippen molar-refractivity contribution in [2.45, 2.75) is 0 Å². The van der Waals surface area contributed by atoms with E-state index in [4.69, 9.17) is 4.74 Å². The highest BCUT2D eigenvalue weighted by atomic mass is 19.2. The van der Waals surface area contributed by atoms with Gasteiger partial charge in [-0.05, 0) is 53.4 Å². The van der Waals surface area contributed by atoms with Crippen LogP contribution in [0, 0.1) is 35.1 Å². The molecule has 148 valence electrons. The summed E-state index contributed by atoms with van der Waals surface area (Å²) in [5, 5.41) is 0.643. The van der Waals surface area contributed by atoms with Gasteiger partial charge in [0.15, 0.2) is 11.6 Å². The fraction of sp³-hybridized carbons (Fsp3) is 0.0400. The molecule has 4 rings (SSSR count). The Bertz CT molecular complexity index is 1330. The van der Waals surface area contributed by atoms with Crippen molar-refractivity contribution in [3.05, 3.63) is 101 Å². The molecule has 0 aliphatic carbocycles. The van der Waals surface area contributed by atoms with E-state index in [1.165, 1.54) is 49.6 Å². The smallest absolute Gasteiger partial charge is 0.166 e. The van der Waals surface area contributed by atoms with Gasteiger partial charge in [-0.25, -0.2) is 17.6 Å². The van der Waals surface area contributed by atoms with Crippen LogP contribution in [0.15, 0.2) is 66.7 Å². The van der Waals surface area contributed by atoms with Crippen LogP contribution >= 0.6 is 0 Å². The van der Waals surface area contributed by atoms with Crippen molar-refractivity contribution < 1.29 is 22.3 Å². The summed E-state index contributed by atoms with van der Waals surface area (Å²) in [6.45, 7) is 0. The van der Waals surface area contributed by atoms with E-state index < -0.39 is 23.3 Å². The van der Waals surface area contributed by atoms with Crippen molar-refractivity contribution in [3.63, 3.8) is 0 Å².